The topological polar surface area (TPSA) is 54.5 Å². The van der Waals surface area contributed by atoms with Gasteiger partial charge in [-0.3, -0.25) is 4.79 Å². The van der Waals surface area contributed by atoms with Crippen LogP contribution in [0.4, 0.5) is 0 Å². The summed E-state index contributed by atoms with van der Waals surface area (Å²) in [6.07, 6.45) is 5.01. The van der Waals surface area contributed by atoms with Crippen LogP contribution in [0.2, 0.25) is 0 Å². The Kier molecular flexibility index (Phi) is 5.61. The molecular formula is C18H22ClN3O2S. The first-order chi connectivity index (χ1) is 11.8. The molecule has 0 aliphatic carbocycles. The summed E-state index contributed by atoms with van der Waals surface area (Å²) >= 11 is 1.48. The Labute approximate surface area is 157 Å². The number of nitrogens with one attached hydrogen (secondary N) is 1. The minimum absolute atomic E-state index is 0. The van der Waals surface area contributed by atoms with Crippen molar-refractivity contribution in [1.29, 1.82) is 0 Å². The number of carbonyl (C=O) groups excluding carboxylic acids is 1. The van der Waals surface area contributed by atoms with Gasteiger partial charge in [-0.15, -0.1) is 23.7 Å². The van der Waals surface area contributed by atoms with Gasteiger partial charge in [0.25, 0.3) is 5.91 Å². The lowest BCUT2D eigenvalue weighted by Crippen LogP contribution is -2.42. The number of hydrogen-bond acceptors (Lipinski definition) is 5. The predicted molar refractivity (Wildman–Crippen MR) is 102 cm³/mol. The van der Waals surface area contributed by atoms with E-state index in [0.717, 1.165) is 53.5 Å². The molecule has 2 fully saturated rings. The van der Waals surface area contributed by atoms with Crippen molar-refractivity contribution in [2.24, 2.45) is 0 Å². The molecule has 1 aromatic heterocycles. The molecule has 1 amide bonds. The smallest absolute Gasteiger partial charge is 0.266 e. The second-order valence-corrected chi connectivity index (χ2v) is 7.38. The van der Waals surface area contributed by atoms with Crippen LogP contribution in [0.15, 0.2) is 30.5 Å². The molecule has 1 aromatic carbocycles. The Morgan fingerprint density at radius 3 is 2.76 bits per heavy atom. The van der Waals surface area contributed by atoms with Crippen molar-refractivity contribution < 1.29 is 9.53 Å². The summed E-state index contributed by atoms with van der Waals surface area (Å²) in [5.74, 6) is 0.962. The molecule has 7 heteroatoms. The average Bonchev–Trinajstić information content (AvgIpc) is 3.18. The Balaban J connectivity index is 0.00000182. The van der Waals surface area contributed by atoms with E-state index < -0.39 is 0 Å². The van der Waals surface area contributed by atoms with E-state index in [2.05, 4.69) is 15.2 Å². The number of amides is 1. The maximum absolute atomic E-state index is 13.0. The molecule has 2 aliphatic heterocycles. The predicted octanol–water partition coefficient (Wildman–Crippen LogP) is 3.21. The van der Waals surface area contributed by atoms with Gasteiger partial charge in [0.15, 0.2) is 0 Å². The number of rotatable bonds is 3. The van der Waals surface area contributed by atoms with Crippen molar-refractivity contribution in [3.63, 3.8) is 0 Å². The van der Waals surface area contributed by atoms with Crippen LogP contribution in [0.25, 0.3) is 10.6 Å². The van der Waals surface area contributed by atoms with Gasteiger partial charge in [0.1, 0.15) is 15.6 Å². The van der Waals surface area contributed by atoms with Crippen LogP contribution in [-0.2, 0) is 0 Å². The third kappa shape index (κ3) is 3.52. The highest BCUT2D eigenvalue weighted by molar-refractivity contribution is 7.16. The highest BCUT2D eigenvalue weighted by atomic mass is 35.5. The van der Waals surface area contributed by atoms with E-state index in [-0.39, 0.29) is 18.3 Å². The molecule has 2 saturated heterocycles. The number of thiazole rings is 1. The van der Waals surface area contributed by atoms with Crippen LogP contribution < -0.4 is 10.1 Å². The molecule has 134 valence electrons. The van der Waals surface area contributed by atoms with Crippen LogP contribution in [0.1, 0.15) is 28.9 Å². The standard InChI is InChI=1S/C18H21N3O2S.ClH/c1-23-15-6-2-12(3-7-15)17-20-11-16(24-17)18(22)21-13-4-5-14(21)10-19-9-8-13;/h2-3,6-7,11,13-14,19H,4-5,8-10H2,1H3;1H. The number of fused-ring (bicyclic) bond motifs is 2. The van der Waals surface area contributed by atoms with E-state index in [1.54, 1.807) is 13.3 Å². The Bertz CT molecular complexity index is 720. The highest BCUT2D eigenvalue weighted by Crippen LogP contribution is 2.32. The molecule has 1 N–H and O–H groups in total. The van der Waals surface area contributed by atoms with E-state index in [0.29, 0.717) is 12.1 Å². The van der Waals surface area contributed by atoms with Crippen molar-refractivity contribution in [2.45, 2.75) is 31.3 Å². The molecule has 5 nitrogen and oxygen atoms in total. The van der Waals surface area contributed by atoms with Crippen molar-refractivity contribution in [3.05, 3.63) is 35.3 Å². The molecule has 2 atom stereocenters. The molecule has 4 rings (SSSR count). The monoisotopic (exact) mass is 379 g/mol. The number of aromatic nitrogens is 1. The van der Waals surface area contributed by atoms with Crippen molar-refractivity contribution in [1.82, 2.24) is 15.2 Å². The number of nitrogens with zero attached hydrogens (tertiary/aromatic N) is 2. The maximum atomic E-state index is 13.0. The number of halogens is 1. The van der Waals surface area contributed by atoms with E-state index in [4.69, 9.17) is 4.74 Å². The van der Waals surface area contributed by atoms with Crippen LogP contribution in [0.3, 0.4) is 0 Å². The van der Waals surface area contributed by atoms with Crippen molar-refractivity contribution in [3.8, 4) is 16.3 Å². The molecule has 0 saturated carbocycles. The first kappa shape index (κ1) is 18.2. The number of hydrogen-bond donors (Lipinski definition) is 1. The second kappa shape index (κ2) is 7.72. The van der Waals surface area contributed by atoms with Gasteiger partial charge < -0.3 is 15.0 Å². The third-order valence-corrected chi connectivity index (χ3v) is 5.98. The average molecular weight is 380 g/mol. The SMILES string of the molecule is COc1ccc(-c2ncc(C(=O)N3C4CCNCC3CC4)s2)cc1.Cl. The molecule has 3 heterocycles. The van der Waals surface area contributed by atoms with Gasteiger partial charge in [-0.2, -0.15) is 0 Å². The molecule has 2 unspecified atom stereocenters. The highest BCUT2D eigenvalue weighted by Gasteiger charge is 2.38. The van der Waals surface area contributed by atoms with Gasteiger partial charge >= 0.3 is 0 Å². The van der Waals surface area contributed by atoms with Gasteiger partial charge in [0.2, 0.25) is 0 Å². The number of ether oxygens (including phenoxy) is 1. The van der Waals surface area contributed by atoms with E-state index in [9.17, 15) is 4.79 Å². The molecule has 2 aromatic rings. The summed E-state index contributed by atoms with van der Waals surface area (Å²) in [5.41, 5.74) is 1.01. The Hall–Kier alpha value is -1.63. The summed E-state index contributed by atoms with van der Waals surface area (Å²) in [6.45, 7) is 1.91. The number of benzene rings is 1. The Morgan fingerprint density at radius 1 is 1.24 bits per heavy atom. The zero-order chi connectivity index (χ0) is 16.5. The molecule has 0 spiro atoms. The molecule has 2 aliphatic rings. The molecule has 0 radical (unpaired) electrons. The van der Waals surface area contributed by atoms with E-state index >= 15 is 0 Å². The first-order valence-corrected chi connectivity index (χ1v) is 9.21. The lowest BCUT2D eigenvalue weighted by atomic mass is 10.1. The van der Waals surface area contributed by atoms with Gasteiger partial charge in [0, 0.05) is 24.2 Å². The molecular weight excluding hydrogens is 358 g/mol. The quantitative estimate of drug-likeness (QED) is 0.889. The van der Waals surface area contributed by atoms with Crippen LogP contribution in [0.5, 0.6) is 5.75 Å². The second-order valence-electron chi connectivity index (χ2n) is 6.35. The largest absolute Gasteiger partial charge is 0.497 e. The zero-order valence-corrected chi connectivity index (χ0v) is 15.7. The minimum Gasteiger partial charge on any atom is -0.497 e. The Morgan fingerprint density at radius 2 is 2.00 bits per heavy atom. The van der Waals surface area contributed by atoms with Crippen molar-refractivity contribution >= 4 is 29.7 Å². The summed E-state index contributed by atoms with van der Waals surface area (Å²) < 4.78 is 5.19. The molecule has 2 bridgehead atoms. The van der Waals surface area contributed by atoms with Gasteiger partial charge in [-0.1, -0.05) is 0 Å². The normalized spacial score (nSPS) is 22.2. The summed E-state index contributed by atoms with van der Waals surface area (Å²) in [5, 5.41) is 4.32. The third-order valence-electron chi connectivity index (χ3n) is 4.94. The van der Waals surface area contributed by atoms with Gasteiger partial charge in [-0.25, -0.2) is 4.98 Å². The van der Waals surface area contributed by atoms with E-state index in [1.807, 2.05) is 24.3 Å². The zero-order valence-electron chi connectivity index (χ0n) is 14.1. The molecule has 25 heavy (non-hydrogen) atoms. The summed E-state index contributed by atoms with van der Waals surface area (Å²) in [4.78, 5) is 20.3. The van der Waals surface area contributed by atoms with E-state index in [1.165, 1.54) is 11.3 Å². The number of carbonyl (C=O) groups is 1. The van der Waals surface area contributed by atoms with Crippen molar-refractivity contribution in [2.75, 3.05) is 20.2 Å². The fourth-order valence-electron chi connectivity index (χ4n) is 3.68. The van der Waals surface area contributed by atoms with Gasteiger partial charge in [-0.05, 0) is 50.1 Å². The number of methoxy groups -OCH3 is 1. The fraction of sp³-hybridized carbons (Fsp3) is 0.444. The van der Waals surface area contributed by atoms with Crippen LogP contribution in [-0.4, -0.2) is 48.1 Å². The van der Waals surface area contributed by atoms with Gasteiger partial charge in [0.05, 0.1) is 13.3 Å². The summed E-state index contributed by atoms with van der Waals surface area (Å²) in [6, 6.07) is 8.50. The van der Waals surface area contributed by atoms with Crippen LogP contribution >= 0.6 is 23.7 Å². The lowest BCUT2D eigenvalue weighted by molar-refractivity contribution is 0.0685. The lowest BCUT2D eigenvalue weighted by Gasteiger charge is -2.27. The fourth-order valence-corrected chi connectivity index (χ4v) is 4.55. The van der Waals surface area contributed by atoms with Crippen LogP contribution in [0, 0.1) is 0 Å². The summed E-state index contributed by atoms with van der Waals surface area (Å²) in [7, 11) is 1.65. The maximum Gasteiger partial charge on any atom is 0.266 e. The minimum atomic E-state index is 0. The first-order valence-electron chi connectivity index (χ1n) is 8.40.